The van der Waals surface area contributed by atoms with E-state index in [0.717, 1.165) is 0 Å². The Morgan fingerprint density at radius 2 is 1.93 bits per heavy atom. The summed E-state index contributed by atoms with van der Waals surface area (Å²) in [6, 6.07) is 11.8. The Morgan fingerprint density at radius 3 is 2.59 bits per heavy atom. The molecule has 0 heterocycles. The molecule has 0 saturated carbocycles. The molecule has 1 amide bonds. The average Bonchev–Trinajstić information content (AvgIpc) is 2.70. The summed E-state index contributed by atoms with van der Waals surface area (Å²) in [7, 11) is 1.58. The molecule has 29 heavy (non-hydrogen) atoms. The van der Waals surface area contributed by atoms with Gasteiger partial charge in [-0.3, -0.25) is 4.79 Å². The topological polar surface area (TPSA) is 59.6 Å². The SMILES string of the molecule is CC[C@@H](N[C@H](C)CC(=O)NCCOC)c1ccc(Cl)c(Oc2ccccc2)c1F. The summed E-state index contributed by atoms with van der Waals surface area (Å²) in [5.41, 5.74) is 0.453. The lowest BCUT2D eigenvalue weighted by molar-refractivity contribution is -0.121. The average molecular weight is 423 g/mol. The van der Waals surface area contributed by atoms with Crippen LogP contribution in [0.1, 0.15) is 38.3 Å². The van der Waals surface area contributed by atoms with Crippen LogP contribution in [-0.2, 0) is 9.53 Å². The van der Waals surface area contributed by atoms with Crippen LogP contribution in [0.3, 0.4) is 0 Å². The summed E-state index contributed by atoms with van der Waals surface area (Å²) in [6.45, 7) is 4.78. The van der Waals surface area contributed by atoms with E-state index in [0.29, 0.717) is 30.9 Å². The van der Waals surface area contributed by atoms with Crippen LogP contribution in [0.5, 0.6) is 11.5 Å². The highest BCUT2D eigenvalue weighted by atomic mass is 35.5. The first-order valence-corrected chi connectivity index (χ1v) is 10.1. The van der Waals surface area contributed by atoms with Crippen molar-refractivity contribution in [3.63, 3.8) is 0 Å². The highest BCUT2D eigenvalue weighted by Gasteiger charge is 2.22. The molecule has 7 heteroatoms. The van der Waals surface area contributed by atoms with E-state index in [-0.39, 0.29) is 35.2 Å². The van der Waals surface area contributed by atoms with E-state index >= 15 is 4.39 Å². The van der Waals surface area contributed by atoms with Crippen molar-refractivity contribution in [1.82, 2.24) is 10.6 Å². The molecular formula is C22H28ClFN2O3. The molecule has 0 bridgehead atoms. The molecule has 2 aromatic carbocycles. The number of para-hydroxylation sites is 1. The number of carbonyl (C=O) groups is 1. The van der Waals surface area contributed by atoms with Gasteiger partial charge in [0.2, 0.25) is 5.91 Å². The quantitative estimate of drug-likeness (QED) is 0.508. The van der Waals surface area contributed by atoms with Gasteiger partial charge in [0.05, 0.1) is 11.6 Å². The second kappa shape index (κ2) is 11.8. The fraction of sp³-hybridized carbons (Fsp3) is 0.409. The number of methoxy groups -OCH3 is 1. The molecule has 0 radical (unpaired) electrons. The largest absolute Gasteiger partial charge is 0.453 e. The lowest BCUT2D eigenvalue weighted by atomic mass is 10.0. The Labute approximate surface area is 176 Å². The van der Waals surface area contributed by atoms with Crippen LogP contribution < -0.4 is 15.4 Å². The molecule has 0 saturated heterocycles. The molecule has 0 aliphatic heterocycles. The highest BCUT2D eigenvalue weighted by molar-refractivity contribution is 6.32. The van der Waals surface area contributed by atoms with Gasteiger partial charge >= 0.3 is 0 Å². The van der Waals surface area contributed by atoms with E-state index in [2.05, 4.69) is 10.6 Å². The minimum atomic E-state index is -0.502. The van der Waals surface area contributed by atoms with Crippen molar-refractivity contribution in [2.24, 2.45) is 0 Å². The van der Waals surface area contributed by atoms with Crippen molar-refractivity contribution in [3.05, 3.63) is 58.9 Å². The first-order chi connectivity index (χ1) is 14.0. The number of rotatable bonds is 11. The van der Waals surface area contributed by atoms with Gasteiger partial charge in [-0.1, -0.05) is 42.8 Å². The number of amides is 1. The Kier molecular flexibility index (Phi) is 9.38. The van der Waals surface area contributed by atoms with Gasteiger partial charge in [-0.05, 0) is 31.5 Å². The van der Waals surface area contributed by atoms with Gasteiger partial charge in [0.1, 0.15) is 5.75 Å². The highest BCUT2D eigenvalue weighted by Crippen LogP contribution is 2.36. The Bertz CT molecular complexity index is 789. The molecule has 2 rings (SSSR count). The second-order valence-electron chi connectivity index (χ2n) is 6.77. The summed E-state index contributed by atoms with van der Waals surface area (Å²) >= 11 is 6.19. The van der Waals surface area contributed by atoms with Gasteiger partial charge in [0.25, 0.3) is 0 Å². The van der Waals surface area contributed by atoms with Crippen molar-refractivity contribution in [1.29, 1.82) is 0 Å². The van der Waals surface area contributed by atoms with Crippen LogP contribution in [0.25, 0.3) is 0 Å². The van der Waals surface area contributed by atoms with E-state index in [9.17, 15) is 4.79 Å². The molecule has 5 nitrogen and oxygen atoms in total. The van der Waals surface area contributed by atoms with Gasteiger partial charge in [0.15, 0.2) is 11.6 Å². The lowest BCUT2D eigenvalue weighted by Crippen LogP contribution is -2.37. The summed E-state index contributed by atoms with van der Waals surface area (Å²) in [5.74, 6) is -0.0767. The van der Waals surface area contributed by atoms with Crippen LogP contribution >= 0.6 is 11.6 Å². The fourth-order valence-corrected chi connectivity index (χ4v) is 3.17. The molecular weight excluding hydrogens is 395 g/mol. The predicted molar refractivity (Wildman–Crippen MR) is 113 cm³/mol. The molecule has 0 unspecified atom stereocenters. The summed E-state index contributed by atoms with van der Waals surface area (Å²) in [6.07, 6.45) is 0.918. The van der Waals surface area contributed by atoms with Crippen LogP contribution in [0.4, 0.5) is 4.39 Å². The van der Waals surface area contributed by atoms with Crippen LogP contribution in [0.15, 0.2) is 42.5 Å². The molecule has 0 spiro atoms. The van der Waals surface area contributed by atoms with E-state index in [1.54, 1.807) is 43.5 Å². The van der Waals surface area contributed by atoms with Gasteiger partial charge in [0, 0.05) is 37.7 Å². The number of hydrogen-bond donors (Lipinski definition) is 2. The fourth-order valence-electron chi connectivity index (χ4n) is 2.99. The van der Waals surface area contributed by atoms with Crippen molar-refractivity contribution in [2.75, 3.05) is 20.3 Å². The maximum absolute atomic E-state index is 15.2. The zero-order valence-electron chi connectivity index (χ0n) is 17.0. The number of benzene rings is 2. The molecule has 158 valence electrons. The number of ether oxygens (including phenoxy) is 2. The molecule has 2 aromatic rings. The van der Waals surface area contributed by atoms with E-state index in [4.69, 9.17) is 21.1 Å². The van der Waals surface area contributed by atoms with Crippen molar-refractivity contribution < 1.29 is 18.7 Å². The van der Waals surface area contributed by atoms with Gasteiger partial charge in [-0.2, -0.15) is 0 Å². The summed E-state index contributed by atoms with van der Waals surface area (Å²) in [5, 5.41) is 6.31. The molecule has 2 N–H and O–H groups in total. The maximum Gasteiger partial charge on any atom is 0.221 e. The predicted octanol–water partition coefficient (Wildman–Crippen LogP) is 4.85. The minimum absolute atomic E-state index is 0.000536. The van der Waals surface area contributed by atoms with Crippen LogP contribution in [-0.4, -0.2) is 32.2 Å². The van der Waals surface area contributed by atoms with Crippen molar-refractivity contribution >= 4 is 17.5 Å². The molecule has 0 fully saturated rings. The first kappa shape index (κ1) is 23.1. The maximum atomic E-state index is 15.2. The number of carbonyl (C=O) groups excluding carboxylic acids is 1. The molecule has 0 aliphatic carbocycles. The summed E-state index contributed by atoms with van der Waals surface area (Å²) < 4.78 is 25.8. The zero-order chi connectivity index (χ0) is 21.2. The van der Waals surface area contributed by atoms with Gasteiger partial charge in [-0.15, -0.1) is 0 Å². The minimum Gasteiger partial charge on any atom is -0.453 e. The van der Waals surface area contributed by atoms with E-state index in [1.807, 2.05) is 19.9 Å². The normalized spacial score (nSPS) is 13.0. The Morgan fingerprint density at radius 1 is 1.21 bits per heavy atom. The monoisotopic (exact) mass is 422 g/mol. The number of halogens is 2. The molecule has 0 aromatic heterocycles. The second-order valence-corrected chi connectivity index (χ2v) is 7.18. The third kappa shape index (κ3) is 6.99. The summed E-state index contributed by atoms with van der Waals surface area (Å²) in [4.78, 5) is 12.0. The number of hydrogen-bond acceptors (Lipinski definition) is 4. The lowest BCUT2D eigenvalue weighted by Gasteiger charge is -2.24. The van der Waals surface area contributed by atoms with Crippen molar-refractivity contribution in [3.8, 4) is 11.5 Å². The Balaban J connectivity index is 2.10. The van der Waals surface area contributed by atoms with Crippen LogP contribution in [0.2, 0.25) is 5.02 Å². The van der Waals surface area contributed by atoms with Crippen LogP contribution in [0, 0.1) is 5.82 Å². The third-order valence-corrected chi connectivity index (χ3v) is 4.73. The van der Waals surface area contributed by atoms with E-state index in [1.165, 1.54) is 0 Å². The standard InChI is InChI=1S/C22H28ClFN2O3/c1-4-19(26-15(2)14-20(27)25-12-13-28-3)17-10-11-18(23)22(21(17)24)29-16-8-6-5-7-9-16/h5-11,15,19,26H,4,12-14H2,1-3H3,(H,25,27)/t15-,19-/m1/s1. The zero-order valence-corrected chi connectivity index (χ0v) is 17.8. The molecule has 0 aliphatic rings. The number of nitrogens with one attached hydrogen (secondary N) is 2. The first-order valence-electron chi connectivity index (χ1n) is 9.68. The van der Waals surface area contributed by atoms with Gasteiger partial charge < -0.3 is 20.1 Å². The Hall–Kier alpha value is -2.15. The van der Waals surface area contributed by atoms with E-state index < -0.39 is 5.82 Å². The molecule has 2 atom stereocenters. The third-order valence-electron chi connectivity index (χ3n) is 4.43. The van der Waals surface area contributed by atoms with Gasteiger partial charge in [-0.25, -0.2) is 4.39 Å². The smallest absolute Gasteiger partial charge is 0.221 e. The van der Waals surface area contributed by atoms with Crippen molar-refractivity contribution in [2.45, 2.75) is 38.8 Å².